The van der Waals surface area contributed by atoms with Crippen LogP contribution in [0.25, 0.3) is 11.3 Å². The van der Waals surface area contributed by atoms with Crippen molar-refractivity contribution in [2.24, 2.45) is 0 Å². The number of nitrogens with one attached hydrogen (secondary N) is 1. The molecule has 0 atom stereocenters. The van der Waals surface area contributed by atoms with Crippen LogP contribution in [0.4, 0.5) is 0 Å². The van der Waals surface area contributed by atoms with E-state index in [4.69, 9.17) is 0 Å². The fraction of sp³-hybridized carbons (Fsp3) is 0.455. The third kappa shape index (κ3) is 4.23. The first-order valence-corrected chi connectivity index (χ1v) is 10.3. The highest BCUT2D eigenvalue weighted by molar-refractivity contribution is 5.76. The Morgan fingerprint density at radius 2 is 1.83 bits per heavy atom. The van der Waals surface area contributed by atoms with Crippen LogP contribution in [0.15, 0.2) is 35.4 Å². The lowest BCUT2D eigenvalue weighted by Gasteiger charge is -2.11. The van der Waals surface area contributed by atoms with Crippen LogP contribution in [-0.4, -0.2) is 31.1 Å². The molecule has 1 saturated carbocycles. The van der Waals surface area contributed by atoms with Gasteiger partial charge in [-0.25, -0.2) is 0 Å². The average molecular weight is 393 g/mol. The van der Waals surface area contributed by atoms with Gasteiger partial charge in [0.15, 0.2) is 0 Å². The summed E-state index contributed by atoms with van der Waals surface area (Å²) in [7, 11) is 0. The number of nitrogens with zero attached hydrogens (tertiary/aromatic N) is 4. The zero-order valence-electron chi connectivity index (χ0n) is 17.0. The Morgan fingerprint density at radius 1 is 1.10 bits per heavy atom. The first-order valence-electron chi connectivity index (χ1n) is 10.3. The van der Waals surface area contributed by atoms with Gasteiger partial charge in [0, 0.05) is 37.0 Å². The number of carbonyl (C=O) groups excluding carboxylic acids is 1. The molecule has 4 rings (SSSR count). The third-order valence-corrected chi connectivity index (χ3v) is 5.55. The van der Waals surface area contributed by atoms with Crippen molar-refractivity contribution in [1.29, 1.82) is 0 Å². The van der Waals surface area contributed by atoms with Crippen LogP contribution in [-0.2, 0) is 11.2 Å². The molecule has 0 aliphatic heterocycles. The molecule has 1 aliphatic carbocycles. The molecule has 3 aromatic rings. The van der Waals surface area contributed by atoms with Gasteiger partial charge in [-0.15, -0.1) is 10.2 Å². The largest absolute Gasteiger partial charge is 0.353 e. The summed E-state index contributed by atoms with van der Waals surface area (Å²) < 4.78 is 3.33. The molecule has 2 aromatic heterocycles. The van der Waals surface area contributed by atoms with Crippen molar-refractivity contribution in [1.82, 2.24) is 24.5 Å². The molecule has 1 fully saturated rings. The van der Waals surface area contributed by atoms with Crippen LogP contribution in [0.1, 0.15) is 55.5 Å². The fourth-order valence-corrected chi connectivity index (χ4v) is 4.18. The predicted molar refractivity (Wildman–Crippen MR) is 111 cm³/mol. The van der Waals surface area contributed by atoms with E-state index < -0.39 is 0 Å². The van der Waals surface area contributed by atoms with Gasteiger partial charge in [-0.1, -0.05) is 18.9 Å². The fourth-order valence-electron chi connectivity index (χ4n) is 4.18. The molecule has 1 N–H and O–H groups in total. The zero-order valence-corrected chi connectivity index (χ0v) is 17.0. The Hall–Kier alpha value is -2.96. The summed E-state index contributed by atoms with van der Waals surface area (Å²) in [6.45, 7) is 4.02. The second-order valence-corrected chi connectivity index (χ2v) is 8.03. The van der Waals surface area contributed by atoms with Crippen molar-refractivity contribution in [3.63, 3.8) is 0 Å². The minimum absolute atomic E-state index is 0.0999. The third-order valence-electron chi connectivity index (χ3n) is 5.55. The molecular weight excluding hydrogens is 366 g/mol. The molecule has 0 spiro atoms. The second kappa shape index (κ2) is 8.19. The summed E-state index contributed by atoms with van der Waals surface area (Å²) in [5.41, 5.74) is 3.13. The highest BCUT2D eigenvalue weighted by Crippen LogP contribution is 2.18. The van der Waals surface area contributed by atoms with E-state index in [1.54, 1.807) is 15.2 Å². The van der Waals surface area contributed by atoms with Gasteiger partial charge in [-0.3, -0.25) is 18.6 Å². The number of amides is 1. The molecule has 0 unspecified atom stereocenters. The van der Waals surface area contributed by atoms with Crippen LogP contribution in [0.2, 0.25) is 0 Å². The van der Waals surface area contributed by atoms with Crippen molar-refractivity contribution >= 4 is 11.6 Å². The number of carbonyl (C=O) groups is 1. The number of rotatable bonds is 6. The maximum atomic E-state index is 12.9. The first kappa shape index (κ1) is 19.4. The Bertz CT molecular complexity index is 1070. The average Bonchev–Trinajstić information content (AvgIpc) is 3.31. The van der Waals surface area contributed by atoms with Crippen LogP contribution < -0.4 is 10.9 Å². The molecule has 1 aliphatic rings. The van der Waals surface area contributed by atoms with Gasteiger partial charge in [0.25, 0.3) is 0 Å². The van der Waals surface area contributed by atoms with Crippen LogP contribution >= 0.6 is 0 Å². The van der Waals surface area contributed by atoms with E-state index in [-0.39, 0.29) is 11.5 Å². The smallest absolute Gasteiger partial charge is 0.300 e. The Labute approximate surface area is 169 Å². The van der Waals surface area contributed by atoms with Gasteiger partial charge >= 0.3 is 5.56 Å². The maximum absolute atomic E-state index is 12.9. The van der Waals surface area contributed by atoms with Crippen molar-refractivity contribution in [2.75, 3.05) is 0 Å². The van der Waals surface area contributed by atoms with Crippen molar-refractivity contribution in [3.05, 3.63) is 57.9 Å². The number of aromatic nitrogens is 4. The van der Waals surface area contributed by atoms with Gasteiger partial charge in [-0.2, -0.15) is 0 Å². The molecule has 0 bridgehead atoms. The van der Waals surface area contributed by atoms with E-state index >= 15 is 0 Å². The van der Waals surface area contributed by atoms with E-state index in [2.05, 4.69) is 21.6 Å². The van der Waals surface area contributed by atoms with Crippen LogP contribution in [0, 0.1) is 13.8 Å². The lowest BCUT2D eigenvalue weighted by atomic mass is 10.1. The predicted octanol–water partition coefficient (Wildman–Crippen LogP) is 2.88. The molecular formula is C22H27N5O2. The van der Waals surface area contributed by atoms with E-state index in [0.717, 1.165) is 29.7 Å². The summed E-state index contributed by atoms with van der Waals surface area (Å²) in [6.07, 6.45) is 9.91. The second-order valence-electron chi connectivity index (χ2n) is 8.03. The minimum atomic E-state index is -0.199. The standard InChI is InChI=1S/C22H27N5O2/c1-15-12-16(2)14-18(13-15)26-10-11-27-19(24-25-21(27)22(26)29)8-5-9-20(28)23-17-6-3-4-7-17/h10-14,17H,3-9H2,1-2H3,(H,23,28). The monoisotopic (exact) mass is 393 g/mol. The molecule has 0 saturated heterocycles. The topological polar surface area (TPSA) is 81.3 Å². The van der Waals surface area contributed by atoms with E-state index in [0.29, 0.717) is 36.8 Å². The summed E-state index contributed by atoms with van der Waals surface area (Å²) >= 11 is 0. The Kier molecular flexibility index (Phi) is 5.47. The Balaban J connectivity index is 1.47. The minimum Gasteiger partial charge on any atom is -0.353 e. The molecule has 2 heterocycles. The molecule has 7 nitrogen and oxygen atoms in total. The van der Waals surface area contributed by atoms with Crippen LogP contribution in [0.5, 0.6) is 0 Å². The summed E-state index contributed by atoms with van der Waals surface area (Å²) in [4.78, 5) is 25.0. The summed E-state index contributed by atoms with van der Waals surface area (Å²) in [5.74, 6) is 0.807. The van der Waals surface area contributed by atoms with E-state index in [9.17, 15) is 9.59 Å². The molecule has 152 valence electrons. The molecule has 0 radical (unpaired) electrons. The lowest BCUT2D eigenvalue weighted by molar-refractivity contribution is -0.121. The number of aryl methyl sites for hydroxylation is 3. The van der Waals surface area contributed by atoms with Crippen LogP contribution in [0.3, 0.4) is 0 Å². The zero-order chi connectivity index (χ0) is 20.4. The van der Waals surface area contributed by atoms with Crippen molar-refractivity contribution in [3.8, 4) is 5.69 Å². The normalized spacial score (nSPS) is 14.6. The molecule has 1 aromatic carbocycles. The van der Waals surface area contributed by atoms with Gasteiger partial charge < -0.3 is 5.32 Å². The van der Waals surface area contributed by atoms with Crippen molar-refractivity contribution < 1.29 is 4.79 Å². The van der Waals surface area contributed by atoms with E-state index in [1.165, 1.54) is 12.8 Å². The number of fused-ring (bicyclic) bond motifs is 1. The van der Waals surface area contributed by atoms with Gasteiger partial charge in [-0.05, 0) is 56.4 Å². The summed E-state index contributed by atoms with van der Waals surface area (Å²) in [6, 6.07) is 6.38. The Morgan fingerprint density at radius 3 is 2.55 bits per heavy atom. The van der Waals surface area contributed by atoms with Crippen molar-refractivity contribution in [2.45, 2.75) is 64.8 Å². The van der Waals surface area contributed by atoms with E-state index in [1.807, 2.05) is 32.2 Å². The highest BCUT2D eigenvalue weighted by atomic mass is 16.1. The van der Waals surface area contributed by atoms with Gasteiger partial charge in [0.2, 0.25) is 11.6 Å². The SMILES string of the molecule is Cc1cc(C)cc(-n2ccn3c(CCCC(=O)NC4CCCC4)nnc3c2=O)c1. The molecule has 29 heavy (non-hydrogen) atoms. The maximum Gasteiger partial charge on any atom is 0.300 e. The first-order chi connectivity index (χ1) is 14.0. The molecule has 1 amide bonds. The summed E-state index contributed by atoms with van der Waals surface area (Å²) in [5, 5.41) is 11.4. The lowest BCUT2D eigenvalue weighted by Crippen LogP contribution is -2.32. The quantitative estimate of drug-likeness (QED) is 0.698. The number of benzene rings is 1. The molecule has 7 heteroatoms. The van der Waals surface area contributed by atoms with Gasteiger partial charge in [0.1, 0.15) is 5.82 Å². The highest BCUT2D eigenvalue weighted by Gasteiger charge is 2.17. The van der Waals surface area contributed by atoms with Gasteiger partial charge in [0.05, 0.1) is 0 Å². The number of hydrogen-bond donors (Lipinski definition) is 1. The number of hydrogen-bond acceptors (Lipinski definition) is 4.